The maximum absolute atomic E-state index is 9.13. The number of aliphatic hydroxyl groups is 1. The summed E-state index contributed by atoms with van der Waals surface area (Å²) >= 11 is 11.9. The van der Waals surface area contributed by atoms with Gasteiger partial charge < -0.3 is 14.7 Å². The fraction of sp³-hybridized carbons (Fsp3) is 0.545. The van der Waals surface area contributed by atoms with Crippen LogP contribution in [-0.2, 0) is 4.74 Å². The van der Waals surface area contributed by atoms with Crippen LogP contribution in [0.1, 0.15) is 6.92 Å². The lowest BCUT2D eigenvalue weighted by Gasteiger charge is -2.38. The number of hydrogen-bond donors (Lipinski definition) is 1. The fourth-order valence-corrected chi connectivity index (χ4v) is 2.33. The van der Waals surface area contributed by atoms with Gasteiger partial charge in [-0.2, -0.15) is 0 Å². The van der Waals surface area contributed by atoms with Gasteiger partial charge in [-0.3, -0.25) is 0 Å². The minimum Gasteiger partial charge on any atom is -0.394 e. The van der Waals surface area contributed by atoms with Gasteiger partial charge in [0.2, 0.25) is 0 Å². The van der Waals surface area contributed by atoms with E-state index in [0.29, 0.717) is 29.0 Å². The second kappa shape index (κ2) is 5.40. The molecule has 1 aliphatic rings. The molecule has 1 aromatic rings. The highest BCUT2D eigenvalue weighted by atomic mass is 35.5. The van der Waals surface area contributed by atoms with Crippen LogP contribution in [0.4, 0.5) is 5.82 Å². The molecule has 1 saturated heterocycles. The largest absolute Gasteiger partial charge is 0.394 e. The highest BCUT2D eigenvalue weighted by molar-refractivity contribution is 6.36. The molecule has 2 rings (SSSR count). The Balaban J connectivity index is 2.24. The van der Waals surface area contributed by atoms with Crippen LogP contribution in [0.3, 0.4) is 0 Å². The van der Waals surface area contributed by atoms with Crippen molar-refractivity contribution < 1.29 is 9.84 Å². The van der Waals surface area contributed by atoms with E-state index in [1.807, 2.05) is 11.8 Å². The third-order valence-corrected chi connectivity index (χ3v) is 3.25. The molecular formula is C11H14Cl2N2O2. The number of aromatic nitrogens is 1. The van der Waals surface area contributed by atoms with E-state index in [-0.39, 0.29) is 18.8 Å². The minimum absolute atomic E-state index is 0.00553. The summed E-state index contributed by atoms with van der Waals surface area (Å²) in [5, 5.41) is 10.2. The summed E-state index contributed by atoms with van der Waals surface area (Å²) in [6, 6.07) is 1.84. The molecule has 6 heteroatoms. The molecule has 0 aromatic carbocycles. The molecular weight excluding hydrogens is 263 g/mol. The molecule has 1 aromatic heterocycles. The van der Waals surface area contributed by atoms with E-state index in [1.54, 1.807) is 12.3 Å². The van der Waals surface area contributed by atoms with Crippen LogP contribution < -0.4 is 4.90 Å². The van der Waals surface area contributed by atoms with Crippen molar-refractivity contribution in [2.45, 2.75) is 19.1 Å². The van der Waals surface area contributed by atoms with Gasteiger partial charge in [0.25, 0.3) is 0 Å². The second-order valence-electron chi connectivity index (χ2n) is 4.10. The monoisotopic (exact) mass is 276 g/mol. The topological polar surface area (TPSA) is 45.6 Å². The lowest BCUT2D eigenvalue weighted by molar-refractivity contribution is -0.0105. The van der Waals surface area contributed by atoms with Gasteiger partial charge in [0.1, 0.15) is 5.82 Å². The van der Waals surface area contributed by atoms with Crippen molar-refractivity contribution in [3.63, 3.8) is 0 Å². The number of nitrogens with zero attached hydrogens (tertiary/aromatic N) is 2. The molecule has 2 atom stereocenters. The number of aliphatic hydroxyl groups excluding tert-OH is 1. The van der Waals surface area contributed by atoms with Gasteiger partial charge in [0.15, 0.2) is 0 Å². The van der Waals surface area contributed by atoms with Gasteiger partial charge in [-0.05, 0) is 13.0 Å². The smallest absolute Gasteiger partial charge is 0.147 e. The van der Waals surface area contributed by atoms with E-state index in [4.69, 9.17) is 33.0 Å². The quantitative estimate of drug-likeness (QED) is 0.897. The van der Waals surface area contributed by atoms with Crippen LogP contribution in [0.2, 0.25) is 10.0 Å². The second-order valence-corrected chi connectivity index (χ2v) is 4.94. The molecule has 17 heavy (non-hydrogen) atoms. The van der Waals surface area contributed by atoms with Gasteiger partial charge in [0, 0.05) is 12.7 Å². The summed E-state index contributed by atoms with van der Waals surface area (Å²) in [7, 11) is 0. The third kappa shape index (κ3) is 2.83. The number of halogens is 2. The number of hydrogen-bond acceptors (Lipinski definition) is 4. The van der Waals surface area contributed by atoms with Gasteiger partial charge in [0.05, 0.1) is 35.4 Å². The van der Waals surface area contributed by atoms with Crippen molar-refractivity contribution in [2.75, 3.05) is 24.7 Å². The van der Waals surface area contributed by atoms with E-state index in [1.165, 1.54) is 0 Å². The average Bonchev–Trinajstić information content (AvgIpc) is 2.30. The predicted octanol–water partition coefficient (Wildman–Crippen LogP) is 1.97. The molecule has 0 amide bonds. The first-order chi connectivity index (χ1) is 8.11. The van der Waals surface area contributed by atoms with Crippen molar-refractivity contribution in [3.05, 3.63) is 22.3 Å². The molecule has 4 nitrogen and oxygen atoms in total. The summed E-state index contributed by atoms with van der Waals surface area (Å²) in [4.78, 5) is 6.28. The number of rotatable bonds is 2. The van der Waals surface area contributed by atoms with E-state index in [9.17, 15) is 0 Å². The Morgan fingerprint density at radius 2 is 2.35 bits per heavy atom. The Kier molecular flexibility index (Phi) is 4.09. The zero-order valence-corrected chi connectivity index (χ0v) is 10.9. The molecule has 0 saturated carbocycles. The third-order valence-electron chi connectivity index (χ3n) is 2.77. The SMILES string of the molecule is CC1COC(CO)CN1c1ncc(Cl)cc1Cl. The Morgan fingerprint density at radius 3 is 3.00 bits per heavy atom. The van der Waals surface area contributed by atoms with E-state index in [2.05, 4.69) is 4.98 Å². The van der Waals surface area contributed by atoms with Crippen molar-refractivity contribution in [3.8, 4) is 0 Å². The summed E-state index contributed by atoms with van der Waals surface area (Å²) in [5.74, 6) is 0.685. The first kappa shape index (κ1) is 12.9. The van der Waals surface area contributed by atoms with E-state index in [0.717, 1.165) is 0 Å². The number of pyridine rings is 1. The summed E-state index contributed by atoms with van der Waals surface area (Å²) < 4.78 is 5.47. The Labute approximate surface area is 110 Å². The maximum Gasteiger partial charge on any atom is 0.147 e. The normalized spacial score (nSPS) is 25.1. The number of ether oxygens (including phenoxy) is 1. The Hall–Kier alpha value is -0.550. The van der Waals surface area contributed by atoms with Crippen LogP contribution in [0.25, 0.3) is 0 Å². The maximum atomic E-state index is 9.13. The van der Waals surface area contributed by atoms with Crippen molar-refractivity contribution in [2.24, 2.45) is 0 Å². The fourth-order valence-electron chi connectivity index (χ4n) is 1.84. The molecule has 0 spiro atoms. The number of morpholine rings is 1. The van der Waals surface area contributed by atoms with Crippen molar-refractivity contribution >= 4 is 29.0 Å². The molecule has 0 bridgehead atoms. The highest BCUT2D eigenvalue weighted by Gasteiger charge is 2.27. The zero-order valence-electron chi connectivity index (χ0n) is 9.44. The molecule has 2 heterocycles. The van der Waals surface area contributed by atoms with Crippen LogP contribution in [-0.4, -0.2) is 42.0 Å². The van der Waals surface area contributed by atoms with Gasteiger partial charge in [-0.1, -0.05) is 23.2 Å². The summed E-state index contributed by atoms with van der Waals surface area (Å²) in [6.45, 7) is 3.15. The minimum atomic E-state index is -0.195. The first-order valence-electron chi connectivity index (χ1n) is 5.42. The standard InChI is InChI=1S/C11H14Cl2N2O2/c1-7-6-17-9(5-16)4-15(7)11-10(13)2-8(12)3-14-11/h2-3,7,9,16H,4-6H2,1H3. The Bertz CT molecular complexity index is 403. The summed E-state index contributed by atoms with van der Waals surface area (Å²) in [5.41, 5.74) is 0. The Morgan fingerprint density at radius 1 is 1.59 bits per heavy atom. The van der Waals surface area contributed by atoms with E-state index < -0.39 is 0 Å². The van der Waals surface area contributed by atoms with E-state index >= 15 is 0 Å². The molecule has 0 aliphatic carbocycles. The van der Waals surface area contributed by atoms with Crippen LogP contribution in [0, 0.1) is 0 Å². The van der Waals surface area contributed by atoms with Crippen LogP contribution in [0.15, 0.2) is 12.3 Å². The van der Waals surface area contributed by atoms with Crippen LogP contribution >= 0.6 is 23.2 Å². The average molecular weight is 277 g/mol. The lowest BCUT2D eigenvalue weighted by atomic mass is 10.2. The number of anilines is 1. The van der Waals surface area contributed by atoms with Gasteiger partial charge in [-0.25, -0.2) is 4.98 Å². The molecule has 0 radical (unpaired) electrons. The summed E-state index contributed by atoms with van der Waals surface area (Å²) in [6.07, 6.45) is 1.37. The molecule has 2 unspecified atom stereocenters. The van der Waals surface area contributed by atoms with Crippen LogP contribution in [0.5, 0.6) is 0 Å². The predicted molar refractivity (Wildman–Crippen MR) is 67.9 cm³/mol. The van der Waals surface area contributed by atoms with Gasteiger partial charge >= 0.3 is 0 Å². The van der Waals surface area contributed by atoms with Crippen molar-refractivity contribution in [1.29, 1.82) is 0 Å². The molecule has 94 valence electrons. The molecule has 1 N–H and O–H groups in total. The van der Waals surface area contributed by atoms with Gasteiger partial charge in [-0.15, -0.1) is 0 Å². The highest BCUT2D eigenvalue weighted by Crippen LogP contribution is 2.29. The lowest BCUT2D eigenvalue weighted by Crippen LogP contribution is -2.50. The molecule has 1 aliphatic heterocycles. The van der Waals surface area contributed by atoms with Crippen molar-refractivity contribution in [1.82, 2.24) is 4.98 Å². The zero-order chi connectivity index (χ0) is 12.4. The molecule has 1 fully saturated rings. The first-order valence-corrected chi connectivity index (χ1v) is 6.17.